The Balaban J connectivity index is 1.75. The summed E-state index contributed by atoms with van der Waals surface area (Å²) in [6.07, 6.45) is 1.55. The van der Waals surface area contributed by atoms with Gasteiger partial charge in [-0.2, -0.15) is 5.10 Å². The number of carbonyl (C=O) groups excluding carboxylic acids is 2. The van der Waals surface area contributed by atoms with E-state index >= 15 is 0 Å². The molecule has 2 aromatic rings. The number of rotatable bonds is 6. The average molecular weight is 421 g/mol. The predicted molar refractivity (Wildman–Crippen MR) is 110 cm³/mol. The van der Waals surface area contributed by atoms with Gasteiger partial charge in [0.05, 0.1) is 16.8 Å². The number of hydrogen-bond donors (Lipinski definition) is 1. The summed E-state index contributed by atoms with van der Waals surface area (Å²) in [6.45, 7) is 4.53. The van der Waals surface area contributed by atoms with E-state index in [1.807, 2.05) is 26.0 Å². The van der Waals surface area contributed by atoms with E-state index in [0.717, 1.165) is 10.2 Å². The minimum Gasteiger partial charge on any atom is -0.350 e. The Hall–Kier alpha value is -2.32. The van der Waals surface area contributed by atoms with Crippen molar-refractivity contribution in [1.29, 1.82) is 0 Å². The molecule has 0 saturated carbocycles. The molecule has 0 spiro atoms. The molecule has 0 bridgehead atoms. The molecule has 9 heteroatoms. The number of hydrogen-bond acceptors (Lipinski definition) is 5. The Labute approximate surface area is 172 Å². The summed E-state index contributed by atoms with van der Waals surface area (Å²) in [5, 5.41) is 7.49. The molecule has 148 valence electrons. The molecular formula is C19H21ClN4O3S. The first kappa shape index (κ1) is 20.4. The molecule has 1 aromatic heterocycles. The Bertz CT molecular complexity index is 943. The van der Waals surface area contributed by atoms with E-state index in [1.165, 1.54) is 16.7 Å². The molecule has 2 amide bonds. The summed E-state index contributed by atoms with van der Waals surface area (Å²) in [4.78, 5) is 39.7. The first-order chi connectivity index (χ1) is 13.3. The second-order valence-electron chi connectivity index (χ2n) is 6.91. The van der Waals surface area contributed by atoms with Gasteiger partial charge in [0.1, 0.15) is 12.2 Å². The summed E-state index contributed by atoms with van der Waals surface area (Å²) in [6, 6.07) is 7.13. The molecule has 7 nitrogen and oxygen atoms in total. The van der Waals surface area contributed by atoms with Gasteiger partial charge in [0, 0.05) is 18.1 Å². The number of aromatic nitrogens is 2. The third-order valence-corrected chi connectivity index (χ3v) is 5.40. The van der Waals surface area contributed by atoms with Crippen molar-refractivity contribution in [3.63, 3.8) is 0 Å². The second-order valence-corrected chi connectivity index (χ2v) is 8.36. The van der Waals surface area contributed by atoms with Crippen LogP contribution in [0.25, 0.3) is 0 Å². The van der Waals surface area contributed by atoms with Crippen molar-refractivity contribution >= 4 is 40.9 Å². The van der Waals surface area contributed by atoms with Crippen LogP contribution in [0.5, 0.6) is 0 Å². The lowest BCUT2D eigenvalue weighted by Gasteiger charge is -2.29. The van der Waals surface area contributed by atoms with Crippen LogP contribution in [-0.4, -0.2) is 33.9 Å². The number of halogens is 1. The average Bonchev–Trinajstić information content (AvgIpc) is 2.65. The molecule has 1 aliphatic heterocycles. The summed E-state index contributed by atoms with van der Waals surface area (Å²) in [5.74, 6) is 0.0541. The van der Waals surface area contributed by atoms with Crippen molar-refractivity contribution in [2.24, 2.45) is 5.92 Å². The molecule has 0 atom stereocenters. The summed E-state index contributed by atoms with van der Waals surface area (Å²) in [7, 11) is 0. The van der Waals surface area contributed by atoms with E-state index in [1.54, 1.807) is 18.3 Å². The highest BCUT2D eigenvalue weighted by molar-refractivity contribution is 8.00. The van der Waals surface area contributed by atoms with Crippen LogP contribution in [0.4, 0.5) is 5.69 Å². The predicted octanol–water partition coefficient (Wildman–Crippen LogP) is 2.31. The van der Waals surface area contributed by atoms with Gasteiger partial charge in [0.2, 0.25) is 11.8 Å². The number of carbonyl (C=O) groups is 2. The molecular weight excluding hydrogens is 400 g/mol. The van der Waals surface area contributed by atoms with Gasteiger partial charge in [0.15, 0.2) is 0 Å². The summed E-state index contributed by atoms with van der Waals surface area (Å²) < 4.78 is 1.10. The highest BCUT2D eigenvalue weighted by Crippen LogP contribution is 2.32. The number of anilines is 1. The zero-order valence-electron chi connectivity index (χ0n) is 15.6. The van der Waals surface area contributed by atoms with E-state index < -0.39 is 5.56 Å². The van der Waals surface area contributed by atoms with Crippen LogP contribution in [-0.2, 0) is 22.7 Å². The van der Waals surface area contributed by atoms with Gasteiger partial charge < -0.3 is 10.2 Å². The fraction of sp³-hybridized carbons (Fsp3) is 0.368. The quantitative estimate of drug-likeness (QED) is 0.775. The molecule has 0 saturated heterocycles. The Morgan fingerprint density at radius 3 is 2.68 bits per heavy atom. The largest absolute Gasteiger partial charge is 0.350 e. The monoisotopic (exact) mass is 420 g/mol. The topological polar surface area (TPSA) is 84.3 Å². The van der Waals surface area contributed by atoms with Crippen LogP contribution in [0.15, 0.2) is 40.2 Å². The zero-order valence-corrected chi connectivity index (χ0v) is 17.2. The number of nitrogens with zero attached hydrogens (tertiary/aromatic N) is 3. The van der Waals surface area contributed by atoms with Crippen LogP contribution >= 0.6 is 23.4 Å². The highest BCUT2D eigenvalue weighted by atomic mass is 35.5. The van der Waals surface area contributed by atoms with Gasteiger partial charge in [-0.25, -0.2) is 4.68 Å². The summed E-state index contributed by atoms with van der Waals surface area (Å²) >= 11 is 7.15. The maximum Gasteiger partial charge on any atom is 0.292 e. The molecule has 0 radical (unpaired) electrons. The smallest absolute Gasteiger partial charge is 0.292 e. The van der Waals surface area contributed by atoms with Crippen molar-refractivity contribution in [3.8, 4) is 0 Å². The lowest BCUT2D eigenvalue weighted by atomic mass is 10.2. The molecule has 0 aliphatic carbocycles. The Morgan fingerprint density at radius 2 is 2.00 bits per heavy atom. The fourth-order valence-corrected chi connectivity index (χ4v) is 3.84. The molecule has 1 aromatic carbocycles. The van der Waals surface area contributed by atoms with Crippen LogP contribution in [0.3, 0.4) is 0 Å². The number of benzene rings is 1. The van der Waals surface area contributed by atoms with Crippen LogP contribution in [0.2, 0.25) is 5.02 Å². The van der Waals surface area contributed by atoms with Gasteiger partial charge in [-0.05, 0) is 23.6 Å². The van der Waals surface area contributed by atoms with Crippen molar-refractivity contribution < 1.29 is 9.59 Å². The van der Waals surface area contributed by atoms with E-state index in [4.69, 9.17) is 11.6 Å². The fourth-order valence-electron chi connectivity index (χ4n) is 2.83. The van der Waals surface area contributed by atoms with E-state index in [9.17, 15) is 14.4 Å². The minimum absolute atomic E-state index is 0.103. The second kappa shape index (κ2) is 8.79. The van der Waals surface area contributed by atoms with Crippen molar-refractivity contribution in [2.75, 3.05) is 17.2 Å². The SMILES string of the molecule is CC(C)CN1C(=O)CSc2cnn(CC(=O)NCc3ccc(Cl)cc3)c(=O)c21. The number of fused-ring (bicyclic) bond motifs is 1. The lowest BCUT2D eigenvalue weighted by molar-refractivity contribution is -0.122. The van der Waals surface area contributed by atoms with Crippen molar-refractivity contribution in [2.45, 2.75) is 31.8 Å². The number of thioether (sulfide) groups is 1. The Morgan fingerprint density at radius 1 is 1.29 bits per heavy atom. The van der Waals surface area contributed by atoms with Gasteiger partial charge in [-0.15, -0.1) is 11.8 Å². The molecule has 1 aliphatic rings. The molecule has 0 unspecified atom stereocenters. The molecule has 2 heterocycles. The standard InChI is InChI=1S/C19H21ClN4O3S/c1-12(2)9-23-17(26)11-28-15-8-22-24(19(27)18(15)23)10-16(25)21-7-13-3-5-14(20)6-4-13/h3-6,8,12H,7,9-11H2,1-2H3,(H,21,25). The first-order valence-electron chi connectivity index (χ1n) is 8.89. The zero-order chi connectivity index (χ0) is 20.3. The van der Waals surface area contributed by atoms with Gasteiger partial charge in [0.25, 0.3) is 5.56 Å². The van der Waals surface area contributed by atoms with Gasteiger partial charge >= 0.3 is 0 Å². The van der Waals surface area contributed by atoms with Crippen LogP contribution < -0.4 is 15.8 Å². The highest BCUT2D eigenvalue weighted by Gasteiger charge is 2.29. The van der Waals surface area contributed by atoms with E-state index in [2.05, 4.69) is 10.4 Å². The summed E-state index contributed by atoms with van der Waals surface area (Å²) in [5.41, 5.74) is 0.782. The lowest BCUT2D eigenvalue weighted by Crippen LogP contribution is -2.44. The number of nitrogens with one attached hydrogen (secondary N) is 1. The molecule has 3 rings (SSSR count). The maximum absolute atomic E-state index is 12.9. The first-order valence-corrected chi connectivity index (χ1v) is 10.3. The van der Waals surface area contributed by atoms with Crippen molar-refractivity contribution in [1.82, 2.24) is 15.1 Å². The molecule has 0 fully saturated rings. The normalized spacial score (nSPS) is 13.6. The van der Waals surface area contributed by atoms with E-state index in [-0.39, 0.29) is 30.0 Å². The molecule has 28 heavy (non-hydrogen) atoms. The molecule has 1 N–H and O–H groups in total. The van der Waals surface area contributed by atoms with Gasteiger partial charge in [-0.3, -0.25) is 14.4 Å². The van der Waals surface area contributed by atoms with Gasteiger partial charge in [-0.1, -0.05) is 37.6 Å². The van der Waals surface area contributed by atoms with Crippen LogP contribution in [0, 0.1) is 5.92 Å². The third kappa shape index (κ3) is 4.74. The van der Waals surface area contributed by atoms with Crippen molar-refractivity contribution in [3.05, 3.63) is 51.4 Å². The van der Waals surface area contributed by atoms with E-state index in [0.29, 0.717) is 28.7 Å². The minimum atomic E-state index is -0.430. The maximum atomic E-state index is 12.9. The van der Waals surface area contributed by atoms with Crippen LogP contribution in [0.1, 0.15) is 19.4 Å². The third-order valence-electron chi connectivity index (χ3n) is 4.15. The Kier molecular flexibility index (Phi) is 6.41. The number of amides is 2.